The minimum absolute atomic E-state index is 0.0167. The zero-order valence-electron chi connectivity index (χ0n) is 27.5. The van der Waals surface area contributed by atoms with Crippen LogP contribution in [0.4, 0.5) is 22.1 Å². The molecule has 0 atom stereocenters. The van der Waals surface area contributed by atoms with E-state index in [2.05, 4.69) is 53.7 Å². The molecule has 0 saturated carbocycles. The molecule has 3 N–H and O–H groups in total. The lowest BCUT2D eigenvalue weighted by molar-refractivity contribution is 0.0501. The number of ether oxygens (including phenoxy) is 2. The molecular weight excluding hydrogens is 624 g/mol. The highest BCUT2D eigenvalue weighted by atomic mass is 16.5. The number of fused-ring (bicyclic) bond motifs is 4. The number of piperazine rings is 1. The Kier molecular flexibility index (Phi) is 9.19. The van der Waals surface area contributed by atoms with Gasteiger partial charge in [0.25, 0.3) is 0 Å². The van der Waals surface area contributed by atoms with Gasteiger partial charge in [0, 0.05) is 61.5 Å². The lowest BCUT2D eigenvalue weighted by Crippen LogP contribution is -2.44. The van der Waals surface area contributed by atoms with Crippen molar-refractivity contribution in [3.63, 3.8) is 0 Å². The number of rotatable bonds is 8. The predicted octanol–water partition coefficient (Wildman–Crippen LogP) is 3.96. The van der Waals surface area contributed by atoms with Crippen LogP contribution in [0.15, 0.2) is 77.2 Å². The summed E-state index contributed by atoms with van der Waals surface area (Å²) >= 11 is 0. The Bertz CT molecular complexity index is 1900. The van der Waals surface area contributed by atoms with Gasteiger partial charge in [-0.1, -0.05) is 24.3 Å². The Morgan fingerprint density at radius 3 is 2.80 bits per heavy atom. The number of aromatic amines is 1. The van der Waals surface area contributed by atoms with Crippen molar-refractivity contribution in [2.24, 2.45) is 4.99 Å². The van der Waals surface area contributed by atoms with Gasteiger partial charge >= 0.3 is 12.0 Å². The largest absolute Gasteiger partial charge is 0.494 e. The first kappa shape index (κ1) is 31.8. The van der Waals surface area contributed by atoms with Crippen molar-refractivity contribution in [2.75, 3.05) is 63.7 Å². The average Bonchev–Trinajstić information content (AvgIpc) is 3.28. The quantitative estimate of drug-likeness (QED) is 0.239. The molecule has 1 fully saturated rings. The molecule has 4 aliphatic rings. The fraction of sp³-hybridized carbons (Fsp3) is 0.314. The summed E-state index contributed by atoms with van der Waals surface area (Å²) < 4.78 is 11.3. The molecule has 252 valence electrons. The number of aliphatic imine (C=N–C) groups is 1. The number of benzene rings is 1. The maximum absolute atomic E-state index is 13.1. The molecule has 14 heteroatoms. The molecule has 2 aliphatic heterocycles. The third kappa shape index (κ3) is 6.94. The topological polar surface area (TPSA) is 153 Å². The second-order valence-corrected chi connectivity index (χ2v) is 12.0. The number of esters is 1. The zero-order valence-corrected chi connectivity index (χ0v) is 27.5. The van der Waals surface area contributed by atoms with Crippen molar-refractivity contribution in [3.05, 3.63) is 89.1 Å². The van der Waals surface area contributed by atoms with E-state index < -0.39 is 5.97 Å². The lowest BCUT2D eigenvalue weighted by atomic mass is 10.1. The molecule has 1 saturated heterocycles. The lowest BCUT2D eigenvalue weighted by Gasteiger charge is -2.34. The number of aryl methyl sites for hydroxylation is 1. The smallest absolute Gasteiger partial charge is 0.356 e. The minimum Gasteiger partial charge on any atom is -0.494 e. The van der Waals surface area contributed by atoms with Crippen LogP contribution in [0.2, 0.25) is 0 Å². The summed E-state index contributed by atoms with van der Waals surface area (Å²) in [4.78, 5) is 45.6. The Morgan fingerprint density at radius 1 is 1.06 bits per heavy atom. The average molecular weight is 663 g/mol. The maximum Gasteiger partial charge on any atom is 0.356 e. The number of nitrogens with zero attached hydrogens (tertiary/aromatic N) is 7. The second-order valence-electron chi connectivity index (χ2n) is 12.0. The number of nitrogens with one attached hydrogen (secondary N) is 3. The number of anilines is 3. The van der Waals surface area contributed by atoms with Crippen LogP contribution in [0.5, 0.6) is 5.75 Å². The number of allylic oxidation sites excluding steroid dienone is 5. The van der Waals surface area contributed by atoms with Crippen LogP contribution in [0.3, 0.4) is 0 Å². The van der Waals surface area contributed by atoms with E-state index in [1.54, 1.807) is 13.3 Å². The number of hydrogen-bond acceptors (Lipinski definition) is 11. The number of hydrogen-bond donors (Lipinski definition) is 3. The normalized spacial score (nSPS) is 16.8. The van der Waals surface area contributed by atoms with E-state index in [0.29, 0.717) is 29.5 Å². The molecule has 0 unspecified atom stereocenters. The van der Waals surface area contributed by atoms with E-state index in [4.69, 9.17) is 14.5 Å². The SMILES string of the molecule is COc1cc(N2CCN(C)CC2)ccc1Nc1ncc2c(n1)-c1n[nH]c(C(=O)OCCNC(=O)N3C=NC4=CC=CC=CC4=C3)c1CCC2. The summed E-state index contributed by atoms with van der Waals surface area (Å²) in [6.45, 7) is 4.06. The summed E-state index contributed by atoms with van der Waals surface area (Å²) in [7, 11) is 3.79. The van der Waals surface area contributed by atoms with Crippen LogP contribution in [-0.2, 0) is 17.6 Å². The number of methoxy groups -OCH3 is 1. The Balaban J connectivity index is 0.992. The maximum atomic E-state index is 13.1. The molecule has 0 radical (unpaired) electrons. The summed E-state index contributed by atoms with van der Waals surface area (Å²) in [5, 5.41) is 13.4. The number of carbonyl (C=O) groups excluding carboxylic acids is 2. The van der Waals surface area contributed by atoms with E-state index in [1.165, 1.54) is 11.2 Å². The van der Waals surface area contributed by atoms with Gasteiger partial charge in [0.1, 0.15) is 30.1 Å². The van der Waals surface area contributed by atoms with Crippen LogP contribution in [-0.4, -0.2) is 102 Å². The predicted molar refractivity (Wildman–Crippen MR) is 186 cm³/mol. The number of carbonyl (C=O) groups is 2. The van der Waals surface area contributed by atoms with Crippen molar-refractivity contribution in [1.29, 1.82) is 0 Å². The van der Waals surface area contributed by atoms with Crippen molar-refractivity contribution in [2.45, 2.75) is 19.3 Å². The third-order valence-corrected chi connectivity index (χ3v) is 8.83. The van der Waals surface area contributed by atoms with Gasteiger partial charge in [-0.2, -0.15) is 5.10 Å². The molecule has 14 nitrogen and oxygen atoms in total. The Labute approximate surface area is 283 Å². The molecule has 7 rings (SSSR count). The van der Waals surface area contributed by atoms with Gasteiger partial charge < -0.3 is 29.9 Å². The molecule has 2 aliphatic carbocycles. The summed E-state index contributed by atoms with van der Waals surface area (Å²) in [6, 6.07) is 5.71. The van der Waals surface area contributed by atoms with Gasteiger partial charge in [0.2, 0.25) is 5.95 Å². The minimum atomic E-state index is -0.545. The second kappa shape index (κ2) is 14.2. The number of H-pyrrole nitrogens is 1. The third-order valence-electron chi connectivity index (χ3n) is 8.83. The highest BCUT2D eigenvalue weighted by Gasteiger charge is 2.27. The van der Waals surface area contributed by atoms with Crippen LogP contribution in [0, 0.1) is 0 Å². The van der Waals surface area contributed by atoms with Crippen molar-refractivity contribution < 1.29 is 19.1 Å². The van der Waals surface area contributed by atoms with Crippen molar-refractivity contribution in [1.82, 2.24) is 35.3 Å². The standard InChI is InChI=1S/C35H38N10O4/c1-43-14-16-44(17-15-43)25-11-12-28(29(19-25)48-2)39-34-37-20-23-8-6-9-26-31(30(23)40-34)41-42-32(26)33(46)49-18-13-36-35(47)45-21-24-7-4-3-5-10-27(24)38-22-45/h3-5,7,10-12,19-22H,6,8-9,13-18H2,1-2H3,(H,36,47)(H,41,42)(H,37,39,40). The van der Waals surface area contributed by atoms with E-state index in [1.807, 2.05) is 48.7 Å². The number of aromatic nitrogens is 4. The molecule has 2 aromatic heterocycles. The van der Waals surface area contributed by atoms with Crippen LogP contribution < -0.4 is 20.3 Å². The highest BCUT2D eigenvalue weighted by Crippen LogP contribution is 2.35. The van der Waals surface area contributed by atoms with E-state index >= 15 is 0 Å². The van der Waals surface area contributed by atoms with Crippen LogP contribution in [0.25, 0.3) is 11.4 Å². The highest BCUT2D eigenvalue weighted by molar-refractivity contribution is 5.92. The first-order valence-electron chi connectivity index (χ1n) is 16.3. The number of urea groups is 1. The first-order chi connectivity index (χ1) is 24.0. The summed E-state index contributed by atoms with van der Waals surface area (Å²) in [5.41, 5.74) is 6.69. The van der Waals surface area contributed by atoms with Gasteiger partial charge in [-0.25, -0.2) is 24.5 Å². The molecule has 0 bridgehead atoms. The fourth-order valence-electron chi connectivity index (χ4n) is 6.11. The van der Waals surface area contributed by atoms with Crippen LogP contribution in [0.1, 0.15) is 28.0 Å². The monoisotopic (exact) mass is 662 g/mol. The number of amides is 2. The van der Waals surface area contributed by atoms with Gasteiger partial charge in [0.05, 0.1) is 30.7 Å². The number of likely N-dealkylation sites (N-methyl/N-ethyl adjacent to an activating group) is 1. The Hall–Kier alpha value is -5.76. The zero-order chi connectivity index (χ0) is 33.7. The van der Waals surface area contributed by atoms with E-state index in [-0.39, 0.29) is 24.9 Å². The molecule has 1 aromatic carbocycles. The van der Waals surface area contributed by atoms with Gasteiger partial charge in [-0.15, -0.1) is 0 Å². The first-order valence-corrected chi connectivity index (χ1v) is 16.3. The molecule has 2 amide bonds. The molecule has 3 aromatic rings. The Morgan fingerprint density at radius 2 is 1.94 bits per heavy atom. The van der Waals surface area contributed by atoms with Gasteiger partial charge in [-0.3, -0.25) is 10.00 Å². The molecule has 0 spiro atoms. The van der Waals surface area contributed by atoms with Gasteiger partial charge in [-0.05, 0) is 50.1 Å². The summed E-state index contributed by atoms with van der Waals surface area (Å²) in [5.74, 6) is 0.545. The fourth-order valence-corrected chi connectivity index (χ4v) is 6.11. The van der Waals surface area contributed by atoms with Crippen molar-refractivity contribution in [3.8, 4) is 17.1 Å². The molecular formula is C35H38N10O4. The molecule has 49 heavy (non-hydrogen) atoms. The van der Waals surface area contributed by atoms with Crippen molar-refractivity contribution >= 4 is 35.7 Å². The van der Waals surface area contributed by atoms with Gasteiger partial charge in [0.15, 0.2) is 0 Å². The van der Waals surface area contributed by atoms with E-state index in [9.17, 15) is 9.59 Å². The van der Waals surface area contributed by atoms with Crippen LogP contribution >= 0.6 is 0 Å². The van der Waals surface area contributed by atoms with E-state index in [0.717, 1.165) is 72.8 Å². The summed E-state index contributed by atoms with van der Waals surface area (Å²) in [6.07, 6.45) is 16.6. The molecule has 4 heterocycles.